The van der Waals surface area contributed by atoms with E-state index < -0.39 is 0 Å². The van der Waals surface area contributed by atoms with Crippen LogP contribution in [0.3, 0.4) is 0 Å². The van der Waals surface area contributed by atoms with E-state index in [0.717, 1.165) is 30.5 Å². The largest absolute Gasteiger partial charge is 0.298 e. The molecule has 1 heterocycles. The zero-order chi connectivity index (χ0) is 10.7. The fraction of sp³-hybridized carbons (Fsp3) is 0.462. The van der Waals surface area contributed by atoms with Crippen molar-refractivity contribution in [1.29, 1.82) is 0 Å². The number of hydrogen-bond acceptors (Lipinski definition) is 2. The van der Waals surface area contributed by atoms with Crippen LogP contribution in [0.2, 0.25) is 0 Å². The lowest BCUT2D eigenvalue weighted by atomic mass is 10.0. The summed E-state index contributed by atoms with van der Waals surface area (Å²) in [5.41, 5.74) is 1.99. The Morgan fingerprint density at radius 2 is 1.93 bits per heavy atom. The minimum Gasteiger partial charge on any atom is -0.298 e. The number of rotatable bonds is 3. The summed E-state index contributed by atoms with van der Waals surface area (Å²) in [6.07, 6.45) is 3.53. The second kappa shape index (κ2) is 4.58. The van der Waals surface area contributed by atoms with E-state index in [-0.39, 0.29) is 0 Å². The molecule has 15 heavy (non-hydrogen) atoms. The van der Waals surface area contributed by atoms with Crippen LogP contribution in [0.25, 0.3) is 0 Å². The monoisotopic (exact) mass is 203 g/mol. The van der Waals surface area contributed by atoms with Gasteiger partial charge in [0.2, 0.25) is 0 Å². The Balaban J connectivity index is 2.23. The summed E-state index contributed by atoms with van der Waals surface area (Å²) in [7, 11) is 0. The molecular formula is C13H17NO. The second-order valence-corrected chi connectivity index (χ2v) is 4.17. The normalized spacial score (nSPS) is 19.0. The minimum atomic E-state index is 0.369. The van der Waals surface area contributed by atoms with Crippen LogP contribution < -0.4 is 0 Å². The Labute approximate surface area is 90.9 Å². The number of likely N-dealkylation sites (tertiary alicyclic amines) is 1. The first kappa shape index (κ1) is 10.4. The summed E-state index contributed by atoms with van der Waals surface area (Å²) < 4.78 is 0. The fourth-order valence-corrected chi connectivity index (χ4v) is 2.32. The number of carbonyl (C=O) groups excluding carboxylic acids is 1. The van der Waals surface area contributed by atoms with E-state index in [4.69, 9.17) is 0 Å². The summed E-state index contributed by atoms with van der Waals surface area (Å²) in [6.45, 7) is 4.51. The molecule has 1 fully saturated rings. The third kappa shape index (κ3) is 2.10. The van der Waals surface area contributed by atoms with Gasteiger partial charge in [0.15, 0.2) is 0 Å². The van der Waals surface area contributed by atoms with Crippen LogP contribution in [-0.4, -0.2) is 24.3 Å². The highest BCUT2D eigenvalue weighted by Crippen LogP contribution is 2.26. The molecule has 0 aliphatic carbocycles. The molecule has 1 saturated heterocycles. The van der Waals surface area contributed by atoms with Crippen molar-refractivity contribution in [3.8, 4) is 0 Å². The van der Waals surface area contributed by atoms with Crippen molar-refractivity contribution in [2.45, 2.75) is 25.8 Å². The molecule has 1 aliphatic rings. The van der Waals surface area contributed by atoms with E-state index in [1.165, 1.54) is 12.8 Å². The molecule has 0 amide bonds. The maximum Gasteiger partial charge on any atom is 0.150 e. The molecule has 1 aliphatic heterocycles. The van der Waals surface area contributed by atoms with Gasteiger partial charge >= 0.3 is 0 Å². The van der Waals surface area contributed by atoms with Crippen molar-refractivity contribution >= 4 is 6.29 Å². The lowest BCUT2D eigenvalue weighted by Gasteiger charge is -2.25. The van der Waals surface area contributed by atoms with E-state index >= 15 is 0 Å². The predicted molar refractivity (Wildman–Crippen MR) is 61.1 cm³/mol. The van der Waals surface area contributed by atoms with Gasteiger partial charge in [-0.1, -0.05) is 24.3 Å². The SMILES string of the molecule is CC(c1ccccc1C=O)N1CCCC1. The molecular weight excluding hydrogens is 186 g/mol. The molecule has 1 unspecified atom stereocenters. The van der Waals surface area contributed by atoms with Gasteiger partial charge in [0.05, 0.1) is 0 Å². The molecule has 0 spiro atoms. The summed E-state index contributed by atoms with van der Waals surface area (Å²) in [4.78, 5) is 13.4. The van der Waals surface area contributed by atoms with Gasteiger partial charge in [-0.2, -0.15) is 0 Å². The standard InChI is InChI=1S/C13H17NO/c1-11(14-8-4-5-9-14)13-7-3-2-6-12(13)10-15/h2-3,6-7,10-11H,4-5,8-9H2,1H3. The van der Waals surface area contributed by atoms with Crippen LogP contribution in [0.1, 0.15) is 41.7 Å². The molecule has 2 nitrogen and oxygen atoms in total. The van der Waals surface area contributed by atoms with E-state index in [0.29, 0.717) is 6.04 Å². The molecule has 2 heteroatoms. The van der Waals surface area contributed by atoms with E-state index in [1.54, 1.807) is 0 Å². The van der Waals surface area contributed by atoms with E-state index in [1.807, 2.05) is 18.2 Å². The van der Waals surface area contributed by atoms with E-state index in [2.05, 4.69) is 17.9 Å². The minimum absolute atomic E-state index is 0.369. The van der Waals surface area contributed by atoms with E-state index in [9.17, 15) is 4.79 Å². The number of aldehydes is 1. The van der Waals surface area contributed by atoms with Crippen LogP contribution in [0.5, 0.6) is 0 Å². The van der Waals surface area contributed by atoms with Crippen molar-refractivity contribution < 1.29 is 4.79 Å². The van der Waals surface area contributed by atoms with Crippen LogP contribution in [0.4, 0.5) is 0 Å². The first-order valence-electron chi connectivity index (χ1n) is 5.61. The molecule has 1 aromatic rings. The Morgan fingerprint density at radius 3 is 2.60 bits per heavy atom. The van der Waals surface area contributed by atoms with Crippen LogP contribution in [-0.2, 0) is 0 Å². The molecule has 0 saturated carbocycles. The Morgan fingerprint density at radius 1 is 1.27 bits per heavy atom. The van der Waals surface area contributed by atoms with Gasteiger partial charge < -0.3 is 0 Å². The third-order valence-electron chi connectivity index (χ3n) is 3.26. The number of nitrogens with zero attached hydrogens (tertiary/aromatic N) is 1. The topological polar surface area (TPSA) is 20.3 Å². The molecule has 80 valence electrons. The van der Waals surface area contributed by atoms with Gasteiger partial charge in [-0.05, 0) is 38.4 Å². The maximum atomic E-state index is 10.9. The summed E-state index contributed by atoms with van der Waals surface area (Å²) in [5.74, 6) is 0. The van der Waals surface area contributed by atoms with Crippen molar-refractivity contribution in [2.24, 2.45) is 0 Å². The van der Waals surface area contributed by atoms with Crippen LogP contribution >= 0.6 is 0 Å². The van der Waals surface area contributed by atoms with Gasteiger partial charge in [-0.15, -0.1) is 0 Å². The Hall–Kier alpha value is -1.15. The lowest BCUT2D eigenvalue weighted by Crippen LogP contribution is -2.24. The second-order valence-electron chi connectivity index (χ2n) is 4.17. The average Bonchev–Trinajstić information content (AvgIpc) is 2.81. The van der Waals surface area contributed by atoms with Gasteiger partial charge in [-0.25, -0.2) is 0 Å². The maximum absolute atomic E-state index is 10.9. The van der Waals surface area contributed by atoms with Crippen molar-refractivity contribution in [3.05, 3.63) is 35.4 Å². The Kier molecular flexibility index (Phi) is 3.17. The highest BCUT2D eigenvalue weighted by atomic mass is 16.1. The summed E-state index contributed by atoms with van der Waals surface area (Å²) >= 11 is 0. The average molecular weight is 203 g/mol. The van der Waals surface area contributed by atoms with Gasteiger partial charge in [-0.3, -0.25) is 9.69 Å². The molecule has 2 rings (SSSR count). The molecule has 0 N–H and O–H groups in total. The first-order chi connectivity index (χ1) is 7.33. The van der Waals surface area contributed by atoms with Crippen LogP contribution in [0.15, 0.2) is 24.3 Å². The van der Waals surface area contributed by atoms with Gasteiger partial charge in [0, 0.05) is 11.6 Å². The summed E-state index contributed by atoms with van der Waals surface area (Å²) in [6, 6.07) is 8.26. The smallest absolute Gasteiger partial charge is 0.150 e. The summed E-state index contributed by atoms with van der Waals surface area (Å²) in [5, 5.41) is 0. The lowest BCUT2D eigenvalue weighted by molar-refractivity contribution is 0.112. The van der Waals surface area contributed by atoms with Gasteiger partial charge in [0.1, 0.15) is 6.29 Å². The fourth-order valence-electron chi connectivity index (χ4n) is 2.32. The predicted octanol–water partition coefficient (Wildman–Crippen LogP) is 2.66. The van der Waals surface area contributed by atoms with Crippen molar-refractivity contribution in [2.75, 3.05) is 13.1 Å². The highest BCUT2D eigenvalue weighted by molar-refractivity contribution is 5.77. The third-order valence-corrected chi connectivity index (χ3v) is 3.26. The van der Waals surface area contributed by atoms with Crippen molar-refractivity contribution in [3.63, 3.8) is 0 Å². The quantitative estimate of drug-likeness (QED) is 0.704. The molecule has 0 bridgehead atoms. The molecule has 1 atom stereocenters. The highest BCUT2D eigenvalue weighted by Gasteiger charge is 2.20. The number of hydrogen-bond donors (Lipinski definition) is 0. The van der Waals surface area contributed by atoms with Crippen molar-refractivity contribution in [1.82, 2.24) is 4.90 Å². The zero-order valence-electron chi connectivity index (χ0n) is 9.15. The van der Waals surface area contributed by atoms with Crippen LogP contribution in [0, 0.1) is 0 Å². The Bertz CT molecular complexity index is 342. The van der Waals surface area contributed by atoms with Gasteiger partial charge in [0.25, 0.3) is 0 Å². The zero-order valence-corrected chi connectivity index (χ0v) is 9.15. The number of carbonyl (C=O) groups is 1. The molecule has 0 radical (unpaired) electrons. The number of benzene rings is 1. The molecule has 1 aromatic carbocycles. The first-order valence-corrected chi connectivity index (χ1v) is 5.61. The molecule has 0 aromatic heterocycles.